The molecule has 1 aliphatic carbocycles. The first-order valence-corrected chi connectivity index (χ1v) is 12.1. The van der Waals surface area contributed by atoms with Crippen LogP contribution in [0.1, 0.15) is 73.1 Å². The van der Waals surface area contributed by atoms with Crippen LogP contribution in [0, 0.1) is 0 Å². The Labute approximate surface area is 161 Å². The standard InChI is InChI=1S/C19H30N4O3S/c24-19(20-8-4-11-22-9-2-1-3-10-22)17-13-18(15-5-6-15)23(21-17)16-7-12-27(25,26)14-16/h13,15-16H,1-12,14H2,(H,20,24). The predicted octanol–water partition coefficient (Wildman–Crippen LogP) is 1.73. The lowest BCUT2D eigenvalue weighted by Gasteiger charge is -2.26. The number of carbonyl (C=O) groups excluding carboxylic acids is 1. The summed E-state index contributed by atoms with van der Waals surface area (Å²) in [6.07, 6.45) is 7.64. The molecule has 0 radical (unpaired) electrons. The summed E-state index contributed by atoms with van der Waals surface area (Å²) < 4.78 is 25.5. The molecule has 0 spiro atoms. The third kappa shape index (κ3) is 4.71. The van der Waals surface area contributed by atoms with E-state index in [-0.39, 0.29) is 23.5 Å². The zero-order valence-electron chi connectivity index (χ0n) is 15.9. The summed E-state index contributed by atoms with van der Waals surface area (Å²) in [5.74, 6) is 0.655. The molecule has 150 valence electrons. The molecule has 0 bridgehead atoms. The van der Waals surface area contributed by atoms with Crippen LogP contribution in [0.4, 0.5) is 0 Å². The van der Waals surface area contributed by atoms with Crippen molar-refractivity contribution in [3.63, 3.8) is 0 Å². The van der Waals surface area contributed by atoms with Gasteiger partial charge < -0.3 is 10.2 Å². The number of carbonyl (C=O) groups is 1. The highest BCUT2D eigenvalue weighted by atomic mass is 32.2. The minimum absolute atomic E-state index is 0.119. The normalized spacial score (nSPS) is 25.6. The van der Waals surface area contributed by atoms with Crippen LogP contribution in [0.15, 0.2) is 6.07 Å². The van der Waals surface area contributed by atoms with E-state index in [0.29, 0.717) is 24.6 Å². The number of amides is 1. The monoisotopic (exact) mass is 394 g/mol. The number of likely N-dealkylation sites (tertiary alicyclic amines) is 1. The largest absolute Gasteiger partial charge is 0.351 e. The molecule has 1 aromatic rings. The van der Waals surface area contributed by atoms with Crippen LogP contribution in [-0.2, 0) is 9.84 Å². The first-order valence-electron chi connectivity index (χ1n) is 10.3. The summed E-state index contributed by atoms with van der Waals surface area (Å²) in [6.45, 7) is 4.03. The smallest absolute Gasteiger partial charge is 0.271 e. The Morgan fingerprint density at radius 2 is 1.96 bits per heavy atom. The molecule has 3 aliphatic rings. The molecule has 4 rings (SSSR count). The van der Waals surface area contributed by atoms with Gasteiger partial charge in [0.2, 0.25) is 0 Å². The molecule has 1 unspecified atom stereocenters. The first-order chi connectivity index (χ1) is 13.0. The molecule has 2 aliphatic heterocycles. The lowest BCUT2D eigenvalue weighted by atomic mass is 10.1. The van der Waals surface area contributed by atoms with Crippen LogP contribution >= 0.6 is 0 Å². The van der Waals surface area contributed by atoms with E-state index in [9.17, 15) is 13.2 Å². The van der Waals surface area contributed by atoms with Crippen molar-refractivity contribution >= 4 is 15.7 Å². The van der Waals surface area contributed by atoms with Gasteiger partial charge in [0.25, 0.3) is 5.91 Å². The highest BCUT2D eigenvalue weighted by Crippen LogP contribution is 2.42. The maximum Gasteiger partial charge on any atom is 0.271 e. The Morgan fingerprint density at radius 3 is 2.63 bits per heavy atom. The number of hydrogen-bond donors (Lipinski definition) is 1. The van der Waals surface area contributed by atoms with E-state index >= 15 is 0 Å². The quantitative estimate of drug-likeness (QED) is 0.712. The summed E-state index contributed by atoms with van der Waals surface area (Å²) in [5.41, 5.74) is 1.47. The van der Waals surface area contributed by atoms with Crippen LogP contribution in [-0.4, -0.2) is 66.7 Å². The van der Waals surface area contributed by atoms with Gasteiger partial charge in [-0.3, -0.25) is 9.48 Å². The van der Waals surface area contributed by atoms with Crippen molar-refractivity contribution in [1.29, 1.82) is 0 Å². The molecular weight excluding hydrogens is 364 g/mol. The zero-order valence-corrected chi connectivity index (χ0v) is 16.7. The third-order valence-corrected chi connectivity index (χ3v) is 7.68. The number of aromatic nitrogens is 2. The lowest BCUT2D eigenvalue weighted by molar-refractivity contribution is 0.0945. The Kier molecular flexibility index (Phi) is 5.55. The van der Waals surface area contributed by atoms with Crippen LogP contribution in [0.2, 0.25) is 0 Å². The molecule has 1 N–H and O–H groups in total. The number of rotatable bonds is 7. The van der Waals surface area contributed by atoms with E-state index in [0.717, 1.165) is 31.5 Å². The van der Waals surface area contributed by atoms with E-state index in [4.69, 9.17) is 0 Å². The van der Waals surface area contributed by atoms with Gasteiger partial charge >= 0.3 is 0 Å². The van der Waals surface area contributed by atoms with Crippen molar-refractivity contribution in [2.45, 2.75) is 56.9 Å². The van der Waals surface area contributed by atoms with Crippen molar-refractivity contribution in [1.82, 2.24) is 20.0 Å². The first kappa shape index (κ1) is 18.9. The van der Waals surface area contributed by atoms with E-state index in [1.165, 1.54) is 32.4 Å². The van der Waals surface area contributed by atoms with Crippen LogP contribution in [0.3, 0.4) is 0 Å². The minimum Gasteiger partial charge on any atom is -0.351 e. The molecule has 2 saturated heterocycles. The van der Waals surface area contributed by atoms with Crippen molar-refractivity contribution in [3.05, 3.63) is 17.5 Å². The molecule has 3 fully saturated rings. The summed E-state index contributed by atoms with van der Waals surface area (Å²) in [4.78, 5) is 15.0. The van der Waals surface area contributed by atoms with Gasteiger partial charge in [-0.05, 0) is 64.2 Å². The molecule has 3 heterocycles. The summed E-state index contributed by atoms with van der Waals surface area (Å²) >= 11 is 0. The van der Waals surface area contributed by atoms with Crippen molar-refractivity contribution in [2.24, 2.45) is 0 Å². The fourth-order valence-corrected chi connectivity index (χ4v) is 5.93. The van der Waals surface area contributed by atoms with E-state index in [1.54, 1.807) is 0 Å². The van der Waals surface area contributed by atoms with E-state index in [2.05, 4.69) is 15.3 Å². The fraction of sp³-hybridized carbons (Fsp3) is 0.789. The van der Waals surface area contributed by atoms with Gasteiger partial charge in [0.15, 0.2) is 9.84 Å². The maximum absolute atomic E-state index is 12.5. The molecule has 1 saturated carbocycles. The van der Waals surface area contributed by atoms with Gasteiger partial charge in [0.1, 0.15) is 5.69 Å². The van der Waals surface area contributed by atoms with Crippen LogP contribution in [0.25, 0.3) is 0 Å². The molecule has 0 aromatic carbocycles. The summed E-state index contributed by atoms with van der Waals surface area (Å²) in [6, 6.07) is 1.76. The van der Waals surface area contributed by atoms with Gasteiger partial charge in [0, 0.05) is 18.2 Å². The number of nitrogens with one attached hydrogen (secondary N) is 1. The molecule has 1 amide bonds. The van der Waals surface area contributed by atoms with Crippen molar-refractivity contribution < 1.29 is 13.2 Å². The number of nitrogens with zero attached hydrogens (tertiary/aromatic N) is 3. The van der Waals surface area contributed by atoms with Gasteiger partial charge in [-0.1, -0.05) is 6.42 Å². The van der Waals surface area contributed by atoms with Gasteiger partial charge in [-0.2, -0.15) is 5.10 Å². The zero-order chi connectivity index (χ0) is 18.9. The Bertz CT molecular complexity index is 779. The Morgan fingerprint density at radius 1 is 1.19 bits per heavy atom. The third-order valence-electron chi connectivity index (χ3n) is 5.93. The number of hydrogen-bond acceptors (Lipinski definition) is 5. The van der Waals surface area contributed by atoms with E-state index in [1.807, 2.05) is 10.7 Å². The summed E-state index contributed by atoms with van der Waals surface area (Å²) in [7, 11) is -2.97. The lowest BCUT2D eigenvalue weighted by Crippen LogP contribution is -2.33. The van der Waals surface area contributed by atoms with Crippen LogP contribution in [0.5, 0.6) is 0 Å². The predicted molar refractivity (Wildman–Crippen MR) is 104 cm³/mol. The molecular formula is C19H30N4O3S. The maximum atomic E-state index is 12.5. The van der Waals surface area contributed by atoms with Gasteiger partial charge in [0.05, 0.1) is 17.5 Å². The second-order valence-corrected chi connectivity index (χ2v) is 10.5. The Hall–Kier alpha value is -1.41. The minimum atomic E-state index is -2.97. The van der Waals surface area contributed by atoms with Crippen molar-refractivity contribution in [3.8, 4) is 0 Å². The highest BCUT2D eigenvalue weighted by Gasteiger charge is 2.36. The highest BCUT2D eigenvalue weighted by molar-refractivity contribution is 7.91. The average Bonchev–Trinajstić information content (AvgIpc) is 3.30. The number of piperidine rings is 1. The molecule has 1 aromatic heterocycles. The average molecular weight is 395 g/mol. The van der Waals surface area contributed by atoms with E-state index < -0.39 is 9.84 Å². The fourth-order valence-electron chi connectivity index (χ4n) is 4.24. The molecule has 27 heavy (non-hydrogen) atoms. The Balaban J connectivity index is 1.34. The molecule has 1 atom stereocenters. The van der Waals surface area contributed by atoms with Crippen molar-refractivity contribution in [2.75, 3.05) is 37.7 Å². The number of sulfone groups is 1. The van der Waals surface area contributed by atoms with Crippen LogP contribution < -0.4 is 5.32 Å². The molecule has 8 heteroatoms. The van der Waals surface area contributed by atoms with Gasteiger partial charge in [-0.25, -0.2) is 8.42 Å². The topological polar surface area (TPSA) is 84.3 Å². The molecule has 7 nitrogen and oxygen atoms in total. The second kappa shape index (κ2) is 7.91. The van der Waals surface area contributed by atoms with Gasteiger partial charge in [-0.15, -0.1) is 0 Å². The second-order valence-electron chi connectivity index (χ2n) is 8.24. The SMILES string of the molecule is O=C(NCCCN1CCCCC1)c1cc(C2CC2)n(C2CCS(=O)(=O)C2)n1. The summed E-state index contributed by atoms with van der Waals surface area (Å²) in [5, 5.41) is 7.50.